The summed E-state index contributed by atoms with van der Waals surface area (Å²) in [6.45, 7) is 3.58. The van der Waals surface area contributed by atoms with Gasteiger partial charge in [-0.1, -0.05) is 12.1 Å². The van der Waals surface area contributed by atoms with Crippen molar-refractivity contribution in [2.75, 3.05) is 34.0 Å². The van der Waals surface area contributed by atoms with E-state index in [1.165, 1.54) is 0 Å². The maximum Gasteiger partial charge on any atom is 0.340 e. The normalized spacial score (nSPS) is 15.2. The molecule has 174 valence electrons. The summed E-state index contributed by atoms with van der Waals surface area (Å²) in [5.74, 6) is 1.19. The molecule has 0 radical (unpaired) electrons. The molecule has 1 aromatic heterocycles. The topological polar surface area (TPSA) is 87.0 Å². The highest BCUT2D eigenvalue weighted by Gasteiger charge is 2.35. The van der Waals surface area contributed by atoms with Crippen LogP contribution in [0, 0.1) is 6.92 Å². The molecule has 0 saturated carbocycles. The van der Waals surface area contributed by atoms with Gasteiger partial charge in [-0.05, 0) is 55.2 Å². The first kappa shape index (κ1) is 22.9. The second-order valence-electron chi connectivity index (χ2n) is 8.43. The molecule has 1 fully saturated rings. The lowest BCUT2D eigenvalue weighted by molar-refractivity contribution is -0.121. The molecule has 2 heterocycles. The summed E-state index contributed by atoms with van der Waals surface area (Å²) in [5, 5.41) is 3.85. The van der Waals surface area contributed by atoms with E-state index in [4.69, 9.17) is 18.6 Å². The number of fused-ring (bicyclic) bond motifs is 1. The zero-order valence-corrected chi connectivity index (χ0v) is 19.2. The summed E-state index contributed by atoms with van der Waals surface area (Å²) in [7, 11) is 3.20. The molecule has 7 heteroatoms. The van der Waals surface area contributed by atoms with Gasteiger partial charge in [-0.3, -0.25) is 4.79 Å². The van der Waals surface area contributed by atoms with Crippen molar-refractivity contribution in [3.05, 3.63) is 69.6 Å². The molecule has 1 aliphatic rings. The van der Waals surface area contributed by atoms with Crippen LogP contribution in [0.1, 0.15) is 29.5 Å². The minimum Gasteiger partial charge on any atom is -0.497 e. The Morgan fingerprint density at radius 3 is 2.36 bits per heavy atom. The Kier molecular flexibility index (Phi) is 6.70. The van der Waals surface area contributed by atoms with Crippen LogP contribution in [0.2, 0.25) is 0 Å². The molecule has 1 amide bonds. The van der Waals surface area contributed by atoms with Crippen LogP contribution in [0.4, 0.5) is 0 Å². The molecule has 0 atom stereocenters. The maximum absolute atomic E-state index is 12.9. The first-order chi connectivity index (χ1) is 16.0. The zero-order valence-electron chi connectivity index (χ0n) is 19.2. The first-order valence-corrected chi connectivity index (χ1v) is 11.0. The van der Waals surface area contributed by atoms with Gasteiger partial charge >= 0.3 is 5.63 Å². The predicted octanol–water partition coefficient (Wildman–Crippen LogP) is 3.53. The van der Waals surface area contributed by atoms with E-state index in [1.807, 2.05) is 43.3 Å². The van der Waals surface area contributed by atoms with Gasteiger partial charge in [-0.2, -0.15) is 0 Å². The van der Waals surface area contributed by atoms with E-state index in [0.29, 0.717) is 36.7 Å². The Labute approximate surface area is 192 Å². The fourth-order valence-electron chi connectivity index (χ4n) is 4.47. The lowest BCUT2D eigenvalue weighted by Crippen LogP contribution is -2.45. The number of aryl methyl sites for hydroxylation is 1. The summed E-state index contributed by atoms with van der Waals surface area (Å²) < 4.78 is 21.5. The quantitative estimate of drug-likeness (QED) is 0.553. The molecule has 1 aliphatic heterocycles. The minimum absolute atomic E-state index is 0.0364. The van der Waals surface area contributed by atoms with Gasteiger partial charge < -0.3 is 23.9 Å². The number of benzene rings is 2. The van der Waals surface area contributed by atoms with Gasteiger partial charge in [0.1, 0.15) is 17.1 Å². The van der Waals surface area contributed by atoms with Crippen LogP contribution in [0.3, 0.4) is 0 Å². The molecule has 1 saturated heterocycles. The van der Waals surface area contributed by atoms with Gasteiger partial charge in [0.25, 0.3) is 0 Å². The third kappa shape index (κ3) is 4.73. The number of nitrogens with one attached hydrogen (secondary N) is 1. The number of ether oxygens (including phenoxy) is 3. The number of carbonyl (C=O) groups excluding carboxylic acids is 1. The molecule has 33 heavy (non-hydrogen) atoms. The highest BCUT2D eigenvalue weighted by molar-refractivity contribution is 5.85. The third-order valence-electron chi connectivity index (χ3n) is 6.61. The van der Waals surface area contributed by atoms with Crippen LogP contribution in [0.25, 0.3) is 11.0 Å². The lowest BCUT2D eigenvalue weighted by atomic mass is 9.74. The molecule has 0 unspecified atom stereocenters. The van der Waals surface area contributed by atoms with Crippen LogP contribution < -0.4 is 20.4 Å². The number of hydrogen-bond donors (Lipinski definition) is 1. The van der Waals surface area contributed by atoms with Gasteiger partial charge in [0.15, 0.2) is 0 Å². The van der Waals surface area contributed by atoms with Crippen LogP contribution in [-0.4, -0.2) is 39.9 Å². The van der Waals surface area contributed by atoms with Crippen molar-refractivity contribution in [2.45, 2.75) is 31.6 Å². The molecule has 4 rings (SSSR count). The van der Waals surface area contributed by atoms with E-state index < -0.39 is 5.63 Å². The van der Waals surface area contributed by atoms with Crippen LogP contribution in [0.5, 0.6) is 11.5 Å². The Bertz CT molecular complexity index is 1190. The van der Waals surface area contributed by atoms with Gasteiger partial charge in [-0.15, -0.1) is 0 Å². The molecule has 0 bridgehead atoms. The number of rotatable bonds is 7. The van der Waals surface area contributed by atoms with Crippen molar-refractivity contribution in [1.82, 2.24) is 5.32 Å². The van der Waals surface area contributed by atoms with E-state index >= 15 is 0 Å². The average Bonchev–Trinajstić information content (AvgIpc) is 2.85. The monoisotopic (exact) mass is 451 g/mol. The van der Waals surface area contributed by atoms with E-state index in [9.17, 15) is 9.59 Å². The van der Waals surface area contributed by atoms with Crippen LogP contribution >= 0.6 is 0 Å². The largest absolute Gasteiger partial charge is 0.497 e. The number of hydrogen-bond acceptors (Lipinski definition) is 6. The van der Waals surface area contributed by atoms with Crippen LogP contribution in [0.15, 0.2) is 51.7 Å². The van der Waals surface area contributed by atoms with E-state index in [-0.39, 0.29) is 17.7 Å². The molecule has 0 spiro atoms. The Morgan fingerprint density at radius 1 is 1.03 bits per heavy atom. The summed E-state index contributed by atoms with van der Waals surface area (Å²) in [6, 6.07) is 13.3. The van der Waals surface area contributed by atoms with E-state index in [2.05, 4.69) is 5.32 Å². The summed E-state index contributed by atoms with van der Waals surface area (Å²) in [4.78, 5) is 25.5. The highest BCUT2D eigenvalue weighted by Crippen LogP contribution is 2.35. The number of carbonyl (C=O) groups is 1. The predicted molar refractivity (Wildman–Crippen MR) is 125 cm³/mol. The van der Waals surface area contributed by atoms with Crippen molar-refractivity contribution >= 4 is 16.9 Å². The molecule has 1 N–H and O–H groups in total. The second-order valence-corrected chi connectivity index (χ2v) is 8.43. The first-order valence-electron chi connectivity index (χ1n) is 11.0. The summed E-state index contributed by atoms with van der Waals surface area (Å²) in [6.07, 6.45) is 1.57. The maximum atomic E-state index is 12.9. The summed E-state index contributed by atoms with van der Waals surface area (Å²) >= 11 is 0. The van der Waals surface area contributed by atoms with Crippen molar-refractivity contribution in [1.29, 1.82) is 0 Å². The lowest BCUT2D eigenvalue weighted by Gasteiger charge is -2.38. The van der Waals surface area contributed by atoms with Crippen LogP contribution in [-0.2, 0) is 21.4 Å². The SMILES string of the molecule is COc1ccc(C2(CNC(=O)Cc3c(C)c4ccc(OC)cc4oc3=O)CCOCC2)cc1. The Balaban J connectivity index is 1.52. The molecule has 7 nitrogen and oxygen atoms in total. The zero-order chi connectivity index (χ0) is 23.4. The van der Waals surface area contributed by atoms with Gasteiger partial charge in [-0.25, -0.2) is 4.79 Å². The van der Waals surface area contributed by atoms with Gasteiger partial charge in [0.2, 0.25) is 5.91 Å². The number of amides is 1. The van der Waals surface area contributed by atoms with Gasteiger partial charge in [0, 0.05) is 36.6 Å². The fourth-order valence-corrected chi connectivity index (χ4v) is 4.47. The van der Waals surface area contributed by atoms with Crippen molar-refractivity contribution < 1.29 is 23.4 Å². The second kappa shape index (κ2) is 9.67. The van der Waals surface area contributed by atoms with E-state index in [0.717, 1.165) is 35.1 Å². The smallest absolute Gasteiger partial charge is 0.340 e. The fraction of sp³-hybridized carbons (Fsp3) is 0.385. The average molecular weight is 452 g/mol. The Hall–Kier alpha value is -3.32. The van der Waals surface area contributed by atoms with Gasteiger partial charge in [0.05, 0.1) is 26.2 Å². The number of methoxy groups -OCH3 is 2. The van der Waals surface area contributed by atoms with E-state index in [1.54, 1.807) is 20.3 Å². The Morgan fingerprint density at radius 2 is 1.70 bits per heavy atom. The third-order valence-corrected chi connectivity index (χ3v) is 6.61. The van der Waals surface area contributed by atoms with Crippen molar-refractivity contribution in [3.8, 4) is 11.5 Å². The molecule has 0 aliphatic carbocycles. The van der Waals surface area contributed by atoms with Crippen molar-refractivity contribution in [3.63, 3.8) is 0 Å². The standard InChI is InChI=1S/C26H29NO6/c1-17-21-9-8-20(31-3)14-23(21)33-25(29)22(17)15-24(28)27-16-26(10-12-32-13-11-26)18-4-6-19(30-2)7-5-18/h4-9,14H,10-13,15-16H2,1-3H3,(H,27,28). The molecular formula is C26H29NO6. The molecule has 3 aromatic rings. The molecular weight excluding hydrogens is 422 g/mol. The molecule has 2 aromatic carbocycles. The minimum atomic E-state index is -0.501. The van der Waals surface area contributed by atoms with Crippen molar-refractivity contribution in [2.24, 2.45) is 0 Å². The summed E-state index contributed by atoms with van der Waals surface area (Å²) in [5.41, 5.74) is 1.98. The highest BCUT2D eigenvalue weighted by atomic mass is 16.5.